The van der Waals surface area contributed by atoms with Crippen molar-refractivity contribution in [3.8, 4) is 5.75 Å². The third-order valence-electron chi connectivity index (χ3n) is 4.09. The highest BCUT2D eigenvalue weighted by Gasteiger charge is 2.22. The highest BCUT2D eigenvalue weighted by atomic mass is 19.1. The standard InChI is InChI=1S/C20H21FN2O4/c1-14-12-23(8-9-26-14)20(25)15-4-2-6-17(10-15)22-19(24)13-27-18-7-3-5-16(21)11-18/h2-7,10-11,14H,8-9,12-13H2,1H3,(H,22,24). The van der Waals surface area contributed by atoms with Gasteiger partial charge in [0.25, 0.3) is 11.8 Å². The lowest BCUT2D eigenvalue weighted by atomic mass is 10.1. The molecule has 0 radical (unpaired) electrons. The van der Waals surface area contributed by atoms with Gasteiger partial charge in [0.15, 0.2) is 6.61 Å². The number of carbonyl (C=O) groups excluding carboxylic acids is 2. The molecule has 27 heavy (non-hydrogen) atoms. The number of ether oxygens (including phenoxy) is 2. The van der Waals surface area contributed by atoms with Crippen LogP contribution >= 0.6 is 0 Å². The molecule has 7 heteroatoms. The molecule has 1 saturated heterocycles. The molecule has 1 N–H and O–H groups in total. The maximum Gasteiger partial charge on any atom is 0.262 e. The first-order valence-electron chi connectivity index (χ1n) is 8.70. The Hall–Kier alpha value is -2.93. The van der Waals surface area contributed by atoms with Gasteiger partial charge in [0.2, 0.25) is 0 Å². The maximum absolute atomic E-state index is 13.1. The number of benzene rings is 2. The van der Waals surface area contributed by atoms with E-state index in [2.05, 4.69) is 5.32 Å². The topological polar surface area (TPSA) is 67.9 Å². The predicted octanol–water partition coefficient (Wildman–Crippen LogP) is 2.70. The van der Waals surface area contributed by atoms with Gasteiger partial charge < -0.3 is 19.7 Å². The average Bonchev–Trinajstić information content (AvgIpc) is 2.66. The van der Waals surface area contributed by atoms with Gasteiger partial charge >= 0.3 is 0 Å². The minimum Gasteiger partial charge on any atom is -0.484 e. The molecule has 2 amide bonds. The molecule has 2 aromatic rings. The average molecular weight is 372 g/mol. The summed E-state index contributed by atoms with van der Waals surface area (Å²) >= 11 is 0. The van der Waals surface area contributed by atoms with E-state index < -0.39 is 11.7 Å². The number of nitrogens with zero attached hydrogens (tertiary/aromatic N) is 1. The summed E-state index contributed by atoms with van der Waals surface area (Å²) in [6, 6.07) is 12.3. The number of hydrogen-bond donors (Lipinski definition) is 1. The first-order valence-corrected chi connectivity index (χ1v) is 8.70. The number of rotatable bonds is 5. The highest BCUT2D eigenvalue weighted by molar-refractivity contribution is 5.97. The van der Waals surface area contributed by atoms with Crippen LogP contribution in [0, 0.1) is 5.82 Å². The second-order valence-corrected chi connectivity index (χ2v) is 6.31. The summed E-state index contributed by atoms with van der Waals surface area (Å²) in [5.41, 5.74) is 0.989. The van der Waals surface area contributed by atoms with Crippen LogP contribution < -0.4 is 10.1 Å². The number of morpholine rings is 1. The Morgan fingerprint density at radius 2 is 2.07 bits per heavy atom. The Labute approximate surface area is 156 Å². The van der Waals surface area contributed by atoms with Crippen LogP contribution in [-0.2, 0) is 9.53 Å². The summed E-state index contributed by atoms with van der Waals surface area (Å²) in [4.78, 5) is 26.4. The van der Waals surface area contributed by atoms with Crippen molar-refractivity contribution >= 4 is 17.5 Å². The molecule has 2 aromatic carbocycles. The number of nitrogens with one attached hydrogen (secondary N) is 1. The van der Waals surface area contributed by atoms with Crippen LogP contribution in [0.1, 0.15) is 17.3 Å². The van der Waals surface area contributed by atoms with Gasteiger partial charge in [0.1, 0.15) is 11.6 Å². The fourth-order valence-corrected chi connectivity index (χ4v) is 2.82. The van der Waals surface area contributed by atoms with Gasteiger partial charge in [-0.25, -0.2) is 4.39 Å². The van der Waals surface area contributed by atoms with Gasteiger partial charge in [0.05, 0.1) is 12.7 Å². The molecular formula is C20H21FN2O4. The molecule has 1 atom stereocenters. The lowest BCUT2D eigenvalue weighted by Crippen LogP contribution is -2.44. The lowest BCUT2D eigenvalue weighted by molar-refractivity contribution is -0.118. The van der Waals surface area contributed by atoms with Gasteiger partial charge in [-0.1, -0.05) is 12.1 Å². The molecule has 1 fully saturated rings. The number of hydrogen-bond acceptors (Lipinski definition) is 4. The molecule has 142 valence electrons. The van der Waals surface area contributed by atoms with Crippen molar-refractivity contribution in [1.29, 1.82) is 0 Å². The largest absolute Gasteiger partial charge is 0.484 e. The lowest BCUT2D eigenvalue weighted by Gasteiger charge is -2.31. The van der Waals surface area contributed by atoms with Crippen LogP contribution in [0.4, 0.5) is 10.1 Å². The fraction of sp³-hybridized carbons (Fsp3) is 0.300. The zero-order chi connectivity index (χ0) is 19.2. The van der Waals surface area contributed by atoms with Crippen LogP contribution in [0.5, 0.6) is 5.75 Å². The van der Waals surface area contributed by atoms with Gasteiger partial charge in [-0.3, -0.25) is 9.59 Å². The second kappa shape index (κ2) is 8.64. The third-order valence-corrected chi connectivity index (χ3v) is 4.09. The Balaban J connectivity index is 1.58. The Kier molecular flexibility index (Phi) is 6.03. The minimum atomic E-state index is -0.434. The Bertz CT molecular complexity index is 827. The van der Waals surface area contributed by atoms with Crippen molar-refractivity contribution in [2.24, 2.45) is 0 Å². The number of carbonyl (C=O) groups is 2. The first kappa shape index (κ1) is 18.8. The molecule has 0 aromatic heterocycles. The summed E-state index contributed by atoms with van der Waals surface area (Å²) in [5.74, 6) is -0.659. The van der Waals surface area contributed by atoms with Crippen molar-refractivity contribution in [2.45, 2.75) is 13.0 Å². The van der Waals surface area contributed by atoms with E-state index in [0.717, 1.165) is 0 Å². The van der Waals surface area contributed by atoms with E-state index >= 15 is 0 Å². The molecule has 1 unspecified atom stereocenters. The van der Waals surface area contributed by atoms with Crippen LogP contribution in [0.3, 0.4) is 0 Å². The zero-order valence-corrected chi connectivity index (χ0v) is 15.0. The van der Waals surface area contributed by atoms with E-state index in [0.29, 0.717) is 30.9 Å². The minimum absolute atomic E-state index is 0.00515. The van der Waals surface area contributed by atoms with E-state index in [9.17, 15) is 14.0 Å². The van der Waals surface area contributed by atoms with Crippen molar-refractivity contribution in [3.63, 3.8) is 0 Å². The van der Waals surface area contributed by atoms with E-state index in [1.54, 1.807) is 35.2 Å². The van der Waals surface area contributed by atoms with Crippen molar-refractivity contribution in [1.82, 2.24) is 4.90 Å². The monoisotopic (exact) mass is 372 g/mol. The van der Waals surface area contributed by atoms with Crippen LogP contribution in [0.25, 0.3) is 0 Å². The summed E-state index contributed by atoms with van der Waals surface area (Å²) in [7, 11) is 0. The molecule has 0 saturated carbocycles. The van der Waals surface area contributed by atoms with Gasteiger partial charge in [0, 0.05) is 30.4 Å². The van der Waals surface area contributed by atoms with E-state index in [1.165, 1.54) is 18.2 Å². The summed E-state index contributed by atoms with van der Waals surface area (Å²) in [6.07, 6.45) is 0.00515. The fourth-order valence-electron chi connectivity index (χ4n) is 2.82. The van der Waals surface area contributed by atoms with E-state index in [1.807, 2.05) is 6.92 Å². The third kappa shape index (κ3) is 5.27. The summed E-state index contributed by atoms with van der Waals surface area (Å²) in [5, 5.41) is 2.68. The van der Waals surface area contributed by atoms with Crippen molar-refractivity contribution < 1.29 is 23.5 Å². The van der Waals surface area contributed by atoms with Gasteiger partial charge in [-0.05, 0) is 37.3 Å². The second-order valence-electron chi connectivity index (χ2n) is 6.31. The van der Waals surface area contributed by atoms with Crippen LogP contribution in [0.2, 0.25) is 0 Å². The summed E-state index contributed by atoms with van der Waals surface area (Å²) < 4.78 is 23.8. The Morgan fingerprint density at radius 1 is 1.26 bits per heavy atom. The number of amides is 2. The normalized spacial score (nSPS) is 16.7. The maximum atomic E-state index is 13.1. The molecule has 3 rings (SSSR count). The van der Waals surface area contributed by atoms with Gasteiger partial charge in [-0.15, -0.1) is 0 Å². The molecule has 0 bridgehead atoms. The van der Waals surface area contributed by atoms with Crippen LogP contribution in [0.15, 0.2) is 48.5 Å². The first-order chi connectivity index (χ1) is 13.0. The van der Waals surface area contributed by atoms with E-state index in [4.69, 9.17) is 9.47 Å². The molecule has 6 nitrogen and oxygen atoms in total. The molecule has 1 aliphatic rings. The zero-order valence-electron chi connectivity index (χ0n) is 15.0. The predicted molar refractivity (Wildman–Crippen MR) is 98.3 cm³/mol. The Morgan fingerprint density at radius 3 is 2.85 bits per heavy atom. The van der Waals surface area contributed by atoms with E-state index in [-0.39, 0.29) is 24.4 Å². The van der Waals surface area contributed by atoms with Crippen LogP contribution in [-0.4, -0.2) is 49.1 Å². The number of anilines is 1. The molecule has 1 aliphatic heterocycles. The summed E-state index contributed by atoms with van der Waals surface area (Å²) in [6.45, 7) is 3.26. The highest BCUT2D eigenvalue weighted by Crippen LogP contribution is 2.16. The van der Waals surface area contributed by atoms with Crippen molar-refractivity contribution in [2.75, 3.05) is 31.6 Å². The molecular weight excluding hydrogens is 351 g/mol. The quantitative estimate of drug-likeness (QED) is 0.876. The number of halogens is 1. The molecule has 0 aliphatic carbocycles. The SMILES string of the molecule is CC1CN(C(=O)c2cccc(NC(=O)COc3cccc(F)c3)c2)CCO1. The smallest absolute Gasteiger partial charge is 0.262 e. The van der Waals surface area contributed by atoms with Gasteiger partial charge in [-0.2, -0.15) is 0 Å². The molecule has 1 heterocycles. The van der Waals surface area contributed by atoms with Crippen molar-refractivity contribution in [3.05, 3.63) is 59.9 Å². The molecule has 0 spiro atoms.